The average Bonchev–Trinajstić information content (AvgIpc) is 3.26. The third-order valence-corrected chi connectivity index (χ3v) is 5.41. The largest absolute Gasteiger partial charge is 0.393 e. The smallest absolute Gasteiger partial charge is 0.241 e. The minimum atomic E-state index is -1.05. The minimum absolute atomic E-state index is 0.244. The highest BCUT2D eigenvalue weighted by molar-refractivity contribution is 6.26. The van der Waals surface area contributed by atoms with E-state index in [-0.39, 0.29) is 18.4 Å². The van der Waals surface area contributed by atoms with Crippen LogP contribution < -0.4 is 4.90 Å². The first kappa shape index (κ1) is 13.9. The molecule has 120 valence electrons. The lowest BCUT2D eigenvalue weighted by atomic mass is 9.77. The Bertz CT molecular complexity index is 915. The molecule has 2 aromatic rings. The topological polar surface area (TPSA) is 66.8 Å². The summed E-state index contributed by atoms with van der Waals surface area (Å²) in [5.74, 6) is -1.73. The zero-order valence-electron chi connectivity index (χ0n) is 12.8. The van der Waals surface area contributed by atoms with Crippen LogP contribution in [0.1, 0.15) is 0 Å². The van der Waals surface area contributed by atoms with Gasteiger partial charge in [-0.1, -0.05) is 48.6 Å². The molecule has 2 amide bonds. The van der Waals surface area contributed by atoms with Crippen LogP contribution in [-0.4, -0.2) is 35.2 Å². The van der Waals surface area contributed by atoms with Crippen LogP contribution in [0.15, 0.2) is 54.6 Å². The number of anilines is 1. The number of fused-ring (bicyclic) bond motifs is 6. The van der Waals surface area contributed by atoms with Crippen molar-refractivity contribution in [3.63, 3.8) is 0 Å². The summed E-state index contributed by atoms with van der Waals surface area (Å²) in [4.78, 5) is 27.4. The van der Waals surface area contributed by atoms with Crippen molar-refractivity contribution in [2.45, 2.75) is 11.7 Å². The molecule has 4 atom stereocenters. The predicted molar refractivity (Wildman–Crippen MR) is 87.3 cm³/mol. The van der Waals surface area contributed by atoms with E-state index >= 15 is 0 Å². The lowest BCUT2D eigenvalue weighted by Crippen LogP contribution is -2.43. The van der Waals surface area contributed by atoms with E-state index in [1.54, 1.807) is 18.2 Å². The minimum Gasteiger partial charge on any atom is -0.393 e. The summed E-state index contributed by atoms with van der Waals surface area (Å²) in [7, 11) is 0. The van der Waals surface area contributed by atoms with Crippen LogP contribution in [0.2, 0.25) is 0 Å². The molecular formula is C19H15NO4. The number of nitrogens with zero attached hydrogens (tertiary/aromatic N) is 1. The van der Waals surface area contributed by atoms with Gasteiger partial charge < -0.3 is 9.84 Å². The number of imide groups is 1. The third-order valence-electron chi connectivity index (χ3n) is 5.41. The molecule has 5 rings (SSSR count). The van der Waals surface area contributed by atoms with E-state index in [0.29, 0.717) is 5.69 Å². The molecular weight excluding hydrogens is 306 g/mol. The van der Waals surface area contributed by atoms with Gasteiger partial charge in [0, 0.05) is 5.39 Å². The third kappa shape index (κ3) is 1.51. The van der Waals surface area contributed by atoms with Crippen molar-refractivity contribution < 1.29 is 19.4 Å². The van der Waals surface area contributed by atoms with Crippen LogP contribution in [0.4, 0.5) is 5.69 Å². The number of hydrogen-bond acceptors (Lipinski definition) is 4. The molecule has 0 aliphatic carbocycles. The molecule has 3 heterocycles. The van der Waals surface area contributed by atoms with Gasteiger partial charge in [-0.05, 0) is 11.5 Å². The molecule has 2 saturated heterocycles. The standard InChI is InChI=1S/C19H15NO4/c21-10-19-9-8-14(24-19)15-16(19)18(23)20(17(15)22)13-7-3-5-11-4-1-2-6-12(11)13/h1-9,14-16,21H,10H2/t14-,15+,16+,19-/m1/s1. The predicted octanol–water partition coefficient (Wildman–Crippen LogP) is 1.65. The summed E-state index contributed by atoms with van der Waals surface area (Å²) >= 11 is 0. The van der Waals surface area contributed by atoms with Crippen molar-refractivity contribution >= 4 is 28.3 Å². The monoisotopic (exact) mass is 321 g/mol. The van der Waals surface area contributed by atoms with Gasteiger partial charge in [0.25, 0.3) is 0 Å². The highest BCUT2D eigenvalue weighted by Crippen LogP contribution is 2.52. The van der Waals surface area contributed by atoms with Gasteiger partial charge in [-0.25, -0.2) is 4.90 Å². The Morgan fingerprint density at radius 1 is 1.08 bits per heavy atom. The number of amides is 2. The van der Waals surface area contributed by atoms with Gasteiger partial charge in [0.05, 0.1) is 30.2 Å². The molecule has 2 fully saturated rings. The Labute approximate surface area is 138 Å². The highest BCUT2D eigenvalue weighted by atomic mass is 16.5. The van der Waals surface area contributed by atoms with Gasteiger partial charge in [0.15, 0.2) is 0 Å². The first-order valence-electron chi connectivity index (χ1n) is 8.00. The molecule has 0 radical (unpaired) electrons. The zero-order chi connectivity index (χ0) is 16.5. The lowest BCUT2D eigenvalue weighted by Gasteiger charge is -2.26. The fraction of sp³-hybridized carbons (Fsp3) is 0.263. The van der Waals surface area contributed by atoms with Crippen LogP contribution in [0.3, 0.4) is 0 Å². The fourth-order valence-electron chi connectivity index (χ4n) is 4.32. The number of rotatable bonds is 2. The van der Waals surface area contributed by atoms with Gasteiger partial charge in [0.2, 0.25) is 11.8 Å². The van der Waals surface area contributed by atoms with Crippen LogP contribution >= 0.6 is 0 Å². The molecule has 3 aliphatic heterocycles. The first-order valence-corrected chi connectivity index (χ1v) is 8.00. The van der Waals surface area contributed by atoms with Crippen molar-refractivity contribution in [2.75, 3.05) is 11.5 Å². The van der Waals surface area contributed by atoms with E-state index in [4.69, 9.17) is 4.74 Å². The van der Waals surface area contributed by atoms with Crippen LogP contribution in [-0.2, 0) is 14.3 Å². The second kappa shape index (κ2) is 4.53. The Hall–Kier alpha value is -2.50. The maximum absolute atomic E-state index is 13.1. The molecule has 1 N–H and O–H groups in total. The Morgan fingerprint density at radius 2 is 1.88 bits per heavy atom. The second-order valence-corrected chi connectivity index (χ2v) is 6.57. The SMILES string of the molecule is O=C1[C@@H]2[C@@H](C(=O)N1c1cccc3ccccc13)[C@]1(CO)C=C[C@H]2O1. The molecule has 5 heteroatoms. The highest BCUT2D eigenvalue weighted by Gasteiger charge is 2.67. The quantitative estimate of drug-likeness (QED) is 0.674. The van der Waals surface area contributed by atoms with E-state index in [0.717, 1.165) is 10.8 Å². The first-order chi connectivity index (χ1) is 11.7. The van der Waals surface area contributed by atoms with Crippen molar-refractivity contribution in [1.29, 1.82) is 0 Å². The van der Waals surface area contributed by atoms with Crippen molar-refractivity contribution in [2.24, 2.45) is 11.8 Å². The maximum atomic E-state index is 13.1. The summed E-state index contributed by atoms with van der Waals surface area (Å²) in [6, 6.07) is 13.3. The summed E-state index contributed by atoms with van der Waals surface area (Å²) in [5.41, 5.74) is -0.452. The summed E-state index contributed by atoms with van der Waals surface area (Å²) in [6.07, 6.45) is 3.09. The zero-order valence-corrected chi connectivity index (χ0v) is 12.8. The van der Waals surface area contributed by atoms with Gasteiger partial charge in [0.1, 0.15) is 5.60 Å². The van der Waals surface area contributed by atoms with E-state index in [2.05, 4.69) is 0 Å². The normalized spacial score (nSPS) is 33.7. The molecule has 2 aromatic carbocycles. The van der Waals surface area contributed by atoms with E-state index in [1.165, 1.54) is 4.90 Å². The average molecular weight is 321 g/mol. The van der Waals surface area contributed by atoms with E-state index in [1.807, 2.05) is 36.4 Å². The Kier molecular flexibility index (Phi) is 2.62. The van der Waals surface area contributed by atoms with Crippen molar-refractivity contribution in [3.05, 3.63) is 54.6 Å². The molecule has 5 nitrogen and oxygen atoms in total. The number of aliphatic hydroxyl groups excluding tert-OH is 1. The molecule has 2 bridgehead atoms. The number of benzene rings is 2. The summed E-state index contributed by atoms with van der Waals surface area (Å²) in [5, 5.41) is 11.6. The molecule has 0 spiro atoms. The molecule has 0 saturated carbocycles. The van der Waals surface area contributed by atoms with E-state index in [9.17, 15) is 14.7 Å². The van der Waals surface area contributed by atoms with Crippen LogP contribution in [0.5, 0.6) is 0 Å². The van der Waals surface area contributed by atoms with Gasteiger partial charge in [-0.2, -0.15) is 0 Å². The fourth-order valence-corrected chi connectivity index (χ4v) is 4.32. The Morgan fingerprint density at radius 3 is 2.71 bits per heavy atom. The Balaban J connectivity index is 1.67. The van der Waals surface area contributed by atoms with Crippen LogP contribution in [0, 0.1) is 11.8 Å². The maximum Gasteiger partial charge on any atom is 0.241 e. The number of aliphatic hydroxyl groups is 1. The number of carbonyl (C=O) groups excluding carboxylic acids is 2. The molecule has 0 unspecified atom stereocenters. The molecule has 0 aromatic heterocycles. The number of hydrogen-bond donors (Lipinski definition) is 1. The van der Waals surface area contributed by atoms with Crippen LogP contribution in [0.25, 0.3) is 10.8 Å². The second-order valence-electron chi connectivity index (χ2n) is 6.57. The van der Waals surface area contributed by atoms with Gasteiger partial charge >= 0.3 is 0 Å². The van der Waals surface area contributed by atoms with Crippen molar-refractivity contribution in [3.8, 4) is 0 Å². The molecule has 24 heavy (non-hydrogen) atoms. The van der Waals surface area contributed by atoms with Gasteiger partial charge in [-0.3, -0.25) is 9.59 Å². The number of ether oxygens (including phenoxy) is 1. The van der Waals surface area contributed by atoms with E-state index < -0.39 is 23.5 Å². The van der Waals surface area contributed by atoms with Gasteiger partial charge in [-0.15, -0.1) is 0 Å². The summed E-state index contributed by atoms with van der Waals surface area (Å²) in [6.45, 7) is -0.302. The lowest BCUT2D eigenvalue weighted by molar-refractivity contribution is -0.128. The molecule has 3 aliphatic rings. The number of carbonyl (C=O) groups is 2. The summed E-state index contributed by atoms with van der Waals surface area (Å²) < 4.78 is 5.76. The van der Waals surface area contributed by atoms with Crippen molar-refractivity contribution in [1.82, 2.24) is 0 Å².